The van der Waals surface area contributed by atoms with Crippen LogP contribution in [-0.4, -0.2) is 33.1 Å². The van der Waals surface area contributed by atoms with Gasteiger partial charge in [-0.2, -0.15) is 0 Å². The van der Waals surface area contributed by atoms with Gasteiger partial charge in [0.25, 0.3) is 0 Å². The Hall–Kier alpha value is -2.62. The maximum atomic E-state index is 12.5. The Balaban J connectivity index is 1.85. The molecule has 156 valence electrons. The molecule has 0 saturated carbocycles. The van der Waals surface area contributed by atoms with Crippen LogP contribution in [0, 0.1) is 0 Å². The number of carboxylic acid groups (broad SMARTS) is 1. The highest BCUT2D eigenvalue weighted by atomic mass is 79.9. The van der Waals surface area contributed by atoms with Crippen molar-refractivity contribution >= 4 is 50.6 Å². The van der Waals surface area contributed by atoms with Crippen LogP contribution in [0.15, 0.2) is 51.7 Å². The lowest BCUT2D eigenvalue weighted by Gasteiger charge is -2.10. The van der Waals surface area contributed by atoms with E-state index < -0.39 is 17.4 Å². The molecular weight excluding hydrogens is 498 g/mol. The highest BCUT2D eigenvalue weighted by Gasteiger charge is 2.19. The van der Waals surface area contributed by atoms with Gasteiger partial charge in [0.15, 0.2) is 12.4 Å². The van der Waals surface area contributed by atoms with Gasteiger partial charge in [-0.25, -0.2) is 4.79 Å². The molecule has 0 saturated heterocycles. The first kappa shape index (κ1) is 22.1. The molecule has 30 heavy (non-hydrogen) atoms. The van der Waals surface area contributed by atoms with Crippen LogP contribution in [0.25, 0.3) is 0 Å². The average molecular weight is 513 g/mol. The molecule has 10 heteroatoms. The molecule has 2 aromatic carbocycles. The summed E-state index contributed by atoms with van der Waals surface area (Å²) in [6, 6.07) is 11.2. The third kappa shape index (κ3) is 5.29. The van der Waals surface area contributed by atoms with Crippen LogP contribution < -0.4 is 9.61 Å². The molecule has 0 amide bonds. The number of aromatic nitrogens is 1. The molecule has 7 nitrogen and oxygen atoms in total. The summed E-state index contributed by atoms with van der Waals surface area (Å²) in [6.07, 6.45) is 0.127. The fraction of sp³-hybridized carbons (Fsp3) is 0.150. The van der Waals surface area contributed by atoms with Gasteiger partial charge in [-0.05, 0) is 42.5 Å². The number of rotatable bonds is 8. The summed E-state index contributed by atoms with van der Waals surface area (Å²) < 4.78 is 7.02. The molecule has 2 N–H and O–H groups in total. The number of carboxylic acids is 1. The Morgan fingerprint density at radius 2 is 1.87 bits per heavy atom. The van der Waals surface area contributed by atoms with Crippen molar-refractivity contribution in [2.45, 2.75) is 13.0 Å². The summed E-state index contributed by atoms with van der Waals surface area (Å²) in [5.74, 6) is -1.45. The van der Waals surface area contributed by atoms with E-state index in [1.54, 1.807) is 42.5 Å². The zero-order valence-electron chi connectivity index (χ0n) is 15.3. The molecule has 0 atom stereocenters. The quantitative estimate of drug-likeness (QED) is 0.443. The SMILES string of the molecule is O=C(O)COc1ccc(Br)cc1Cc1sc(=O)n(CC(=O)c2ccc(Cl)cc2)c1O. The Labute approximate surface area is 188 Å². The number of benzene rings is 2. The second-order valence-corrected chi connectivity index (χ2v) is 8.64. The van der Waals surface area contributed by atoms with E-state index >= 15 is 0 Å². The van der Waals surface area contributed by atoms with Crippen LogP contribution in [0.4, 0.5) is 0 Å². The zero-order valence-corrected chi connectivity index (χ0v) is 18.5. The third-order valence-electron chi connectivity index (χ3n) is 4.13. The predicted octanol–water partition coefficient (Wildman–Crippen LogP) is 3.97. The van der Waals surface area contributed by atoms with E-state index in [0.29, 0.717) is 26.8 Å². The third-order valence-corrected chi connectivity index (χ3v) is 5.84. The Morgan fingerprint density at radius 1 is 1.17 bits per heavy atom. The van der Waals surface area contributed by atoms with E-state index in [9.17, 15) is 19.5 Å². The zero-order chi connectivity index (χ0) is 21.8. The van der Waals surface area contributed by atoms with E-state index in [1.807, 2.05) is 0 Å². The molecule has 3 rings (SSSR count). The standard InChI is InChI=1S/C20H15BrClNO6S/c21-13-3-6-16(29-10-18(25)26)12(7-13)8-17-19(27)23(20(28)30-17)9-15(24)11-1-4-14(22)5-2-11/h1-7,27H,8-10H2,(H,25,26). The molecule has 0 spiro atoms. The summed E-state index contributed by atoms with van der Waals surface area (Å²) in [5, 5.41) is 19.9. The molecule has 0 aliphatic heterocycles. The monoisotopic (exact) mass is 511 g/mol. The maximum Gasteiger partial charge on any atom is 0.341 e. The number of hydrogen-bond acceptors (Lipinski definition) is 6. The molecule has 3 aromatic rings. The number of nitrogens with zero attached hydrogens (tertiary/aromatic N) is 1. The summed E-state index contributed by atoms with van der Waals surface area (Å²) in [7, 11) is 0. The van der Waals surface area contributed by atoms with Gasteiger partial charge in [0, 0.05) is 27.0 Å². The average Bonchev–Trinajstić information content (AvgIpc) is 2.95. The van der Waals surface area contributed by atoms with Gasteiger partial charge in [0.2, 0.25) is 5.88 Å². The first-order chi connectivity index (χ1) is 14.2. The van der Waals surface area contributed by atoms with Crippen LogP contribution in [-0.2, 0) is 17.8 Å². The molecule has 0 fully saturated rings. The van der Waals surface area contributed by atoms with Gasteiger partial charge in [0.05, 0.1) is 11.4 Å². The number of aromatic hydroxyl groups is 1. The molecule has 1 aromatic heterocycles. The summed E-state index contributed by atoms with van der Waals surface area (Å²) in [5.41, 5.74) is 0.952. The molecular formula is C20H15BrClNO6S. The minimum Gasteiger partial charge on any atom is -0.494 e. The fourth-order valence-corrected chi connectivity index (χ4v) is 4.14. The number of ketones is 1. The van der Waals surface area contributed by atoms with E-state index in [1.165, 1.54) is 0 Å². The highest BCUT2D eigenvalue weighted by Crippen LogP contribution is 2.30. The number of hydrogen-bond donors (Lipinski definition) is 2. The van der Waals surface area contributed by atoms with Crippen molar-refractivity contribution in [3.05, 3.63) is 77.6 Å². The van der Waals surface area contributed by atoms with Crippen molar-refractivity contribution < 1.29 is 24.5 Å². The van der Waals surface area contributed by atoms with E-state index in [4.69, 9.17) is 21.4 Å². The Morgan fingerprint density at radius 3 is 2.53 bits per heavy atom. The maximum absolute atomic E-state index is 12.5. The van der Waals surface area contributed by atoms with Gasteiger partial charge in [-0.15, -0.1) is 0 Å². The predicted molar refractivity (Wildman–Crippen MR) is 116 cm³/mol. The topological polar surface area (TPSA) is 106 Å². The van der Waals surface area contributed by atoms with Crippen LogP contribution in [0.1, 0.15) is 20.8 Å². The number of thiazole rings is 1. The van der Waals surface area contributed by atoms with Gasteiger partial charge in [-0.3, -0.25) is 14.2 Å². The lowest BCUT2D eigenvalue weighted by Crippen LogP contribution is -2.19. The largest absolute Gasteiger partial charge is 0.494 e. The summed E-state index contributed by atoms with van der Waals surface area (Å²) >= 11 is 9.97. The van der Waals surface area contributed by atoms with Crippen LogP contribution >= 0.6 is 38.9 Å². The van der Waals surface area contributed by atoms with Crippen molar-refractivity contribution in [3.63, 3.8) is 0 Å². The molecule has 1 heterocycles. The number of Topliss-reactive ketones (excluding diaryl/α,β-unsaturated/α-hetero) is 1. The Bertz CT molecular complexity index is 1160. The first-order valence-electron chi connectivity index (χ1n) is 8.58. The first-order valence-corrected chi connectivity index (χ1v) is 10.6. The lowest BCUT2D eigenvalue weighted by atomic mass is 10.1. The van der Waals surface area contributed by atoms with E-state index in [2.05, 4.69) is 15.9 Å². The second kappa shape index (κ2) is 9.46. The normalized spacial score (nSPS) is 10.7. The smallest absolute Gasteiger partial charge is 0.341 e. The van der Waals surface area contributed by atoms with E-state index in [-0.39, 0.29) is 24.6 Å². The van der Waals surface area contributed by atoms with Gasteiger partial charge in [0.1, 0.15) is 5.75 Å². The minimum absolute atomic E-state index is 0.127. The second-order valence-electron chi connectivity index (χ2n) is 6.24. The molecule has 0 aliphatic rings. The van der Waals surface area contributed by atoms with Crippen molar-refractivity contribution in [2.24, 2.45) is 0 Å². The summed E-state index contributed by atoms with van der Waals surface area (Å²) in [4.78, 5) is 35.5. The lowest BCUT2D eigenvalue weighted by molar-refractivity contribution is -0.139. The van der Waals surface area contributed by atoms with Crippen molar-refractivity contribution in [1.29, 1.82) is 0 Å². The summed E-state index contributed by atoms with van der Waals surface area (Å²) in [6.45, 7) is -0.836. The minimum atomic E-state index is -1.12. The molecule has 0 unspecified atom stereocenters. The van der Waals surface area contributed by atoms with Crippen molar-refractivity contribution in [3.8, 4) is 11.6 Å². The highest BCUT2D eigenvalue weighted by molar-refractivity contribution is 9.10. The van der Waals surface area contributed by atoms with Gasteiger partial charge >= 0.3 is 10.8 Å². The van der Waals surface area contributed by atoms with Crippen molar-refractivity contribution in [1.82, 2.24) is 4.57 Å². The number of ether oxygens (including phenoxy) is 1. The number of aliphatic carboxylic acids is 1. The van der Waals surface area contributed by atoms with Crippen molar-refractivity contribution in [2.75, 3.05) is 6.61 Å². The Kier molecular flexibility index (Phi) is 6.96. The molecule has 0 radical (unpaired) electrons. The van der Waals surface area contributed by atoms with E-state index in [0.717, 1.165) is 20.4 Å². The number of halogens is 2. The number of carbonyl (C=O) groups is 2. The van der Waals surface area contributed by atoms with Crippen LogP contribution in [0.5, 0.6) is 11.6 Å². The van der Waals surface area contributed by atoms with Crippen LogP contribution in [0.3, 0.4) is 0 Å². The van der Waals surface area contributed by atoms with Crippen LogP contribution in [0.2, 0.25) is 5.02 Å². The molecule has 0 bridgehead atoms. The molecule has 0 aliphatic carbocycles. The fourth-order valence-electron chi connectivity index (χ4n) is 2.71. The van der Waals surface area contributed by atoms with Gasteiger partial charge < -0.3 is 14.9 Å². The number of carbonyl (C=O) groups excluding carboxylic acids is 1. The van der Waals surface area contributed by atoms with Gasteiger partial charge in [-0.1, -0.05) is 38.9 Å².